The lowest BCUT2D eigenvalue weighted by molar-refractivity contribution is 1.17. The van der Waals surface area contributed by atoms with Gasteiger partial charge in [0.25, 0.3) is 0 Å². The molecule has 0 aliphatic carbocycles. The first-order valence-corrected chi connectivity index (χ1v) is 4.94. The van der Waals surface area contributed by atoms with Crippen LogP contribution in [0.1, 0.15) is 5.69 Å². The van der Waals surface area contributed by atoms with Gasteiger partial charge in [-0.2, -0.15) is 0 Å². The van der Waals surface area contributed by atoms with Crippen molar-refractivity contribution in [3.63, 3.8) is 0 Å². The van der Waals surface area contributed by atoms with Crippen LogP contribution in [0.15, 0.2) is 18.3 Å². The van der Waals surface area contributed by atoms with Crippen LogP contribution >= 0.6 is 34.2 Å². The highest BCUT2D eigenvalue weighted by Crippen LogP contribution is 2.18. The first kappa shape index (κ1) is 8.31. The maximum absolute atomic E-state index is 6.01. The summed E-state index contributed by atoms with van der Waals surface area (Å²) in [5.74, 6) is 0. The molecule has 4 heteroatoms. The average Bonchev–Trinajstić information content (AvgIpc) is 2.31. The van der Waals surface area contributed by atoms with Crippen LogP contribution in [0.4, 0.5) is 0 Å². The van der Waals surface area contributed by atoms with Crippen molar-refractivity contribution < 1.29 is 0 Å². The first-order valence-electron chi connectivity index (χ1n) is 3.48. The molecule has 62 valence electrons. The van der Waals surface area contributed by atoms with Crippen LogP contribution in [0.2, 0.25) is 5.15 Å². The molecule has 0 spiro atoms. The molecule has 0 bridgehead atoms. The van der Waals surface area contributed by atoms with E-state index >= 15 is 0 Å². The maximum Gasteiger partial charge on any atom is 0.138 e. The monoisotopic (exact) mass is 292 g/mol. The maximum atomic E-state index is 6.01. The van der Waals surface area contributed by atoms with E-state index in [9.17, 15) is 0 Å². The molecule has 0 aliphatic heterocycles. The van der Waals surface area contributed by atoms with Gasteiger partial charge in [0.15, 0.2) is 0 Å². The summed E-state index contributed by atoms with van der Waals surface area (Å²) < 4.78 is 3.04. The van der Waals surface area contributed by atoms with Crippen molar-refractivity contribution >= 4 is 39.8 Å². The Balaban J connectivity index is 2.88. The second-order valence-corrected chi connectivity index (χ2v) is 4.17. The number of aromatic nitrogens is 2. The van der Waals surface area contributed by atoms with Gasteiger partial charge in [-0.1, -0.05) is 11.6 Å². The third-order valence-corrected chi connectivity index (χ3v) is 2.78. The lowest BCUT2D eigenvalue weighted by Gasteiger charge is -1.94. The number of halogens is 2. The Morgan fingerprint density at radius 2 is 2.25 bits per heavy atom. The van der Waals surface area contributed by atoms with Crippen molar-refractivity contribution in [2.45, 2.75) is 6.92 Å². The fourth-order valence-corrected chi connectivity index (χ4v) is 1.74. The smallest absolute Gasteiger partial charge is 0.138 e. The Labute approximate surface area is 88.7 Å². The molecule has 0 radical (unpaired) electrons. The van der Waals surface area contributed by atoms with Crippen molar-refractivity contribution in [2.75, 3.05) is 0 Å². The molecule has 0 saturated heterocycles. The van der Waals surface area contributed by atoms with Crippen LogP contribution in [-0.2, 0) is 0 Å². The number of rotatable bonds is 0. The number of aryl methyl sites for hydroxylation is 1. The average molecular weight is 293 g/mol. The molecule has 2 heterocycles. The number of hydrogen-bond acceptors (Lipinski definition) is 1. The summed E-state index contributed by atoms with van der Waals surface area (Å²) in [6.07, 6.45) is 1.97. The van der Waals surface area contributed by atoms with Gasteiger partial charge < -0.3 is 0 Å². The molecule has 2 aromatic rings. The van der Waals surface area contributed by atoms with Gasteiger partial charge in [0.2, 0.25) is 0 Å². The Kier molecular flexibility index (Phi) is 2.00. The van der Waals surface area contributed by atoms with Crippen molar-refractivity contribution in [1.82, 2.24) is 9.38 Å². The fraction of sp³-hybridized carbons (Fsp3) is 0.125. The van der Waals surface area contributed by atoms with Gasteiger partial charge in [-0.3, -0.25) is 4.40 Å². The van der Waals surface area contributed by atoms with Crippen LogP contribution in [-0.4, -0.2) is 9.38 Å². The SMILES string of the molecule is Cc1nc2ccc(I)cn2c1Cl. The third-order valence-electron chi connectivity index (χ3n) is 1.68. The molecule has 0 aromatic carbocycles. The molecule has 0 saturated carbocycles. The van der Waals surface area contributed by atoms with E-state index in [0.717, 1.165) is 14.9 Å². The molecule has 12 heavy (non-hydrogen) atoms. The van der Waals surface area contributed by atoms with Crippen LogP contribution in [0.3, 0.4) is 0 Å². The Morgan fingerprint density at radius 1 is 1.50 bits per heavy atom. The molecule has 2 rings (SSSR count). The van der Waals surface area contributed by atoms with E-state index < -0.39 is 0 Å². The summed E-state index contributed by atoms with van der Waals surface area (Å²) in [5, 5.41) is 0.698. The second-order valence-electron chi connectivity index (χ2n) is 2.56. The molecular weight excluding hydrogens is 286 g/mol. The number of nitrogens with zero attached hydrogens (tertiary/aromatic N) is 2. The van der Waals surface area contributed by atoms with Crippen LogP contribution in [0.25, 0.3) is 5.65 Å². The van der Waals surface area contributed by atoms with Crippen LogP contribution < -0.4 is 0 Å². The van der Waals surface area contributed by atoms with E-state index in [-0.39, 0.29) is 0 Å². The van der Waals surface area contributed by atoms with Gasteiger partial charge >= 0.3 is 0 Å². The van der Waals surface area contributed by atoms with Crippen molar-refractivity contribution in [3.05, 3.63) is 32.7 Å². The summed E-state index contributed by atoms with van der Waals surface area (Å²) in [4.78, 5) is 4.28. The zero-order chi connectivity index (χ0) is 8.72. The molecule has 0 N–H and O–H groups in total. The highest BCUT2D eigenvalue weighted by atomic mass is 127. The molecule has 0 unspecified atom stereocenters. The van der Waals surface area contributed by atoms with E-state index in [4.69, 9.17) is 11.6 Å². The first-order chi connectivity index (χ1) is 5.68. The topological polar surface area (TPSA) is 17.3 Å². The highest BCUT2D eigenvalue weighted by molar-refractivity contribution is 14.1. The van der Waals surface area contributed by atoms with Gasteiger partial charge in [0.05, 0.1) is 5.69 Å². The van der Waals surface area contributed by atoms with Crippen LogP contribution in [0.5, 0.6) is 0 Å². The summed E-state index contributed by atoms with van der Waals surface area (Å²) >= 11 is 8.26. The van der Waals surface area contributed by atoms with Crippen molar-refractivity contribution in [3.8, 4) is 0 Å². The molecule has 0 fully saturated rings. The quantitative estimate of drug-likeness (QED) is 0.683. The summed E-state index contributed by atoms with van der Waals surface area (Å²) in [6.45, 7) is 1.90. The summed E-state index contributed by atoms with van der Waals surface area (Å²) in [7, 11) is 0. The van der Waals surface area contributed by atoms with E-state index in [2.05, 4.69) is 27.6 Å². The minimum absolute atomic E-state index is 0.698. The predicted octanol–water partition coefficient (Wildman–Crippen LogP) is 2.90. The van der Waals surface area contributed by atoms with E-state index in [1.54, 1.807) is 0 Å². The largest absolute Gasteiger partial charge is 0.289 e. The normalized spacial score (nSPS) is 10.9. The van der Waals surface area contributed by atoms with Gasteiger partial charge in [0, 0.05) is 9.77 Å². The second kappa shape index (κ2) is 2.88. The highest BCUT2D eigenvalue weighted by Gasteiger charge is 2.04. The minimum atomic E-state index is 0.698. The van der Waals surface area contributed by atoms with Crippen molar-refractivity contribution in [2.24, 2.45) is 0 Å². The number of pyridine rings is 1. The van der Waals surface area contributed by atoms with Gasteiger partial charge in [-0.25, -0.2) is 4.98 Å². The lowest BCUT2D eigenvalue weighted by Crippen LogP contribution is -1.84. The molecule has 0 atom stereocenters. The minimum Gasteiger partial charge on any atom is -0.289 e. The van der Waals surface area contributed by atoms with Gasteiger partial charge in [0.1, 0.15) is 10.8 Å². The van der Waals surface area contributed by atoms with Crippen molar-refractivity contribution in [1.29, 1.82) is 0 Å². The molecular formula is C8H6ClIN2. The molecule has 2 aromatic heterocycles. The Bertz CT molecular complexity index is 436. The molecule has 0 amide bonds. The number of hydrogen-bond donors (Lipinski definition) is 0. The van der Waals surface area contributed by atoms with E-state index in [1.165, 1.54) is 0 Å². The summed E-state index contributed by atoms with van der Waals surface area (Å²) in [5.41, 5.74) is 1.77. The zero-order valence-corrected chi connectivity index (χ0v) is 9.30. The summed E-state index contributed by atoms with van der Waals surface area (Å²) in [6, 6.07) is 3.97. The Hall–Kier alpha value is -0.290. The number of imidazole rings is 1. The van der Waals surface area contributed by atoms with Crippen LogP contribution in [0, 0.1) is 10.5 Å². The van der Waals surface area contributed by atoms with Gasteiger partial charge in [-0.15, -0.1) is 0 Å². The standard InChI is InChI=1S/C8H6ClIN2/c1-5-8(9)12-4-6(10)2-3-7(12)11-5/h2-4H,1H3. The zero-order valence-electron chi connectivity index (χ0n) is 6.38. The fourth-order valence-electron chi connectivity index (χ4n) is 1.11. The molecule has 0 aliphatic rings. The lowest BCUT2D eigenvalue weighted by atomic mass is 10.5. The predicted molar refractivity (Wildman–Crippen MR) is 57.7 cm³/mol. The third kappa shape index (κ3) is 1.21. The number of fused-ring (bicyclic) bond motifs is 1. The van der Waals surface area contributed by atoms with E-state index in [1.807, 2.05) is 29.7 Å². The Morgan fingerprint density at radius 3 is 3.00 bits per heavy atom. The van der Waals surface area contributed by atoms with E-state index in [0.29, 0.717) is 5.15 Å². The molecule has 2 nitrogen and oxygen atoms in total. The van der Waals surface area contributed by atoms with Gasteiger partial charge in [-0.05, 0) is 41.6 Å².